The van der Waals surface area contributed by atoms with E-state index in [1.165, 1.54) is 6.07 Å². The third-order valence-corrected chi connectivity index (χ3v) is 4.56. The van der Waals surface area contributed by atoms with Gasteiger partial charge in [0.05, 0.1) is 22.7 Å². The highest BCUT2D eigenvalue weighted by molar-refractivity contribution is 7.91. The van der Waals surface area contributed by atoms with E-state index in [4.69, 9.17) is 5.73 Å². The standard InChI is InChI=1S/C12H14FN3O2S/c13-10-2-3-12(11(14)8-10)19(17,18)7-1-5-16-6-4-15-9-16/h2-4,6,8-9H,1,5,7,14H2. The van der Waals surface area contributed by atoms with Crippen LogP contribution < -0.4 is 5.73 Å². The van der Waals surface area contributed by atoms with Gasteiger partial charge in [0, 0.05) is 18.9 Å². The number of aryl methyl sites for hydroxylation is 1. The van der Waals surface area contributed by atoms with E-state index in [2.05, 4.69) is 4.98 Å². The molecule has 0 aliphatic carbocycles. The number of rotatable bonds is 5. The zero-order valence-corrected chi connectivity index (χ0v) is 11.0. The Morgan fingerprint density at radius 1 is 1.37 bits per heavy atom. The number of aromatic nitrogens is 2. The molecule has 7 heteroatoms. The monoisotopic (exact) mass is 283 g/mol. The summed E-state index contributed by atoms with van der Waals surface area (Å²) in [6.07, 6.45) is 5.46. The first kappa shape index (κ1) is 13.5. The first-order valence-corrected chi connectivity index (χ1v) is 7.38. The average molecular weight is 283 g/mol. The van der Waals surface area contributed by atoms with Crippen molar-refractivity contribution in [3.8, 4) is 0 Å². The fourth-order valence-electron chi connectivity index (χ4n) is 1.77. The highest BCUT2D eigenvalue weighted by Gasteiger charge is 2.17. The van der Waals surface area contributed by atoms with Gasteiger partial charge in [0.2, 0.25) is 0 Å². The molecule has 1 aromatic carbocycles. The molecular weight excluding hydrogens is 269 g/mol. The summed E-state index contributed by atoms with van der Waals surface area (Å²) in [5.41, 5.74) is 5.49. The second-order valence-corrected chi connectivity index (χ2v) is 6.23. The van der Waals surface area contributed by atoms with Gasteiger partial charge in [-0.1, -0.05) is 0 Å². The van der Waals surface area contributed by atoms with Crippen LogP contribution in [0, 0.1) is 5.82 Å². The fraction of sp³-hybridized carbons (Fsp3) is 0.250. The Hall–Kier alpha value is -1.89. The van der Waals surface area contributed by atoms with Gasteiger partial charge in [-0.3, -0.25) is 0 Å². The largest absolute Gasteiger partial charge is 0.398 e. The van der Waals surface area contributed by atoms with E-state index >= 15 is 0 Å². The quantitative estimate of drug-likeness (QED) is 0.666. The number of sulfone groups is 1. The summed E-state index contributed by atoms with van der Waals surface area (Å²) in [7, 11) is -3.49. The maximum atomic E-state index is 12.9. The lowest BCUT2D eigenvalue weighted by atomic mass is 10.3. The molecule has 0 fully saturated rings. The van der Waals surface area contributed by atoms with Crippen LogP contribution in [0.5, 0.6) is 0 Å². The first-order valence-electron chi connectivity index (χ1n) is 5.72. The molecule has 1 aromatic heterocycles. The topological polar surface area (TPSA) is 78.0 Å². The number of anilines is 1. The average Bonchev–Trinajstić information content (AvgIpc) is 2.81. The molecule has 0 atom stereocenters. The van der Waals surface area contributed by atoms with Gasteiger partial charge >= 0.3 is 0 Å². The summed E-state index contributed by atoms with van der Waals surface area (Å²) in [4.78, 5) is 3.86. The van der Waals surface area contributed by atoms with Gasteiger partial charge in [-0.2, -0.15) is 0 Å². The molecule has 19 heavy (non-hydrogen) atoms. The summed E-state index contributed by atoms with van der Waals surface area (Å²) >= 11 is 0. The molecule has 0 radical (unpaired) electrons. The summed E-state index contributed by atoms with van der Waals surface area (Å²) < 4.78 is 38.8. The van der Waals surface area contributed by atoms with Crippen LogP contribution in [0.2, 0.25) is 0 Å². The molecule has 2 aromatic rings. The third kappa shape index (κ3) is 3.31. The summed E-state index contributed by atoms with van der Waals surface area (Å²) in [5.74, 6) is -0.587. The zero-order chi connectivity index (χ0) is 13.9. The van der Waals surface area contributed by atoms with E-state index in [0.717, 1.165) is 12.1 Å². The van der Waals surface area contributed by atoms with Crippen molar-refractivity contribution in [3.05, 3.63) is 42.7 Å². The van der Waals surface area contributed by atoms with Crippen LogP contribution in [0.4, 0.5) is 10.1 Å². The molecule has 5 nitrogen and oxygen atoms in total. The molecule has 0 bridgehead atoms. The van der Waals surface area contributed by atoms with Crippen molar-refractivity contribution in [2.45, 2.75) is 17.9 Å². The van der Waals surface area contributed by atoms with E-state index < -0.39 is 15.7 Å². The van der Waals surface area contributed by atoms with Crippen molar-refractivity contribution in [2.75, 3.05) is 11.5 Å². The fourth-order valence-corrected chi connectivity index (χ4v) is 3.19. The van der Waals surface area contributed by atoms with E-state index in [1.54, 1.807) is 23.3 Å². The van der Waals surface area contributed by atoms with Gasteiger partial charge in [-0.25, -0.2) is 17.8 Å². The van der Waals surface area contributed by atoms with Crippen LogP contribution in [0.15, 0.2) is 41.8 Å². The normalized spacial score (nSPS) is 11.6. The van der Waals surface area contributed by atoms with Crippen molar-refractivity contribution < 1.29 is 12.8 Å². The van der Waals surface area contributed by atoms with Gasteiger partial charge < -0.3 is 10.3 Å². The van der Waals surface area contributed by atoms with Crippen molar-refractivity contribution in [3.63, 3.8) is 0 Å². The first-order chi connectivity index (χ1) is 8.99. The van der Waals surface area contributed by atoms with E-state index in [1.807, 2.05) is 0 Å². The molecule has 0 saturated carbocycles. The molecule has 102 valence electrons. The van der Waals surface area contributed by atoms with Crippen molar-refractivity contribution in [1.82, 2.24) is 9.55 Å². The van der Waals surface area contributed by atoms with Crippen LogP contribution in [0.3, 0.4) is 0 Å². The number of benzene rings is 1. The van der Waals surface area contributed by atoms with Gasteiger partial charge in [0.25, 0.3) is 0 Å². The van der Waals surface area contributed by atoms with Crippen molar-refractivity contribution in [2.24, 2.45) is 0 Å². The van der Waals surface area contributed by atoms with Gasteiger partial charge in [0.1, 0.15) is 5.82 Å². The second kappa shape index (κ2) is 5.40. The number of nitrogens with two attached hydrogens (primary N) is 1. The third-order valence-electron chi connectivity index (χ3n) is 2.70. The minimum Gasteiger partial charge on any atom is -0.398 e. The minimum atomic E-state index is -3.49. The molecule has 0 aliphatic rings. The molecule has 2 N–H and O–H groups in total. The Morgan fingerprint density at radius 3 is 2.79 bits per heavy atom. The molecule has 1 heterocycles. The molecular formula is C12H14FN3O2S. The zero-order valence-electron chi connectivity index (χ0n) is 10.2. The number of halogens is 1. The van der Waals surface area contributed by atoms with Crippen LogP contribution in [0.25, 0.3) is 0 Å². The maximum absolute atomic E-state index is 12.9. The van der Waals surface area contributed by atoms with Gasteiger partial charge in [-0.05, 0) is 24.6 Å². The van der Waals surface area contributed by atoms with Crippen LogP contribution in [-0.2, 0) is 16.4 Å². The van der Waals surface area contributed by atoms with Crippen molar-refractivity contribution >= 4 is 15.5 Å². The summed E-state index contributed by atoms with van der Waals surface area (Å²) in [5, 5.41) is 0. The molecule has 0 aliphatic heterocycles. The predicted molar refractivity (Wildman–Crippen MR) is 69.7 cm³/mol. The summed E-state index contributed by atoms with van der Waals surface area (Å²) in [6, 6.07) is 3.32. The molecule has 0 unspecified atom stereocenters. The van der Waals surface area contributed by atoms with E-state index in [-0.39, 0.29) is 16.3 Å². The highest BCUT2D eigenvalue weighted by Crippen LogP contribution is 2.21. The Bertz CT molecular complexity index is 654. The van der Waals surface area contributed by atoms with Crippen molar-refractivity contribution in [1.29, 1.82) is 0 Å². The number of imidazole rings is 1. The number of hydrogen-bond acceptors (Lipinski definition) is 4. The van der Waals surface area contributed by atoms with Gasteiger partial charge in [-0.15, -0.1) is 0 Å². The van der Waals surface area contributed by atoms with Gasteiger partial charge in [0.15, 0.2) is 9.84 Å². The lowest BCUT2D eigenvalue weighted by molar-refractivity contribution is 0.586. The van der Waals surface area contributed by atoms with E-state index in [9.17, 15) is 12.8 Å². The summed E-state index contributed by atoms with van der Waals surface area (Å²) in [6.45, 7) is 0.556. The molecule has 2 rings (SSSR count). The Labute approximate surface area is 110 Å². The molecule has 0 spiro atoms. The lowest BCUT2D eigenvalue weighted by Crippen LogP contribution is -2.11. The number of nitrogen functional groups attached to an aromatic ring is 1. The Kier molecular flexibility index (Phi) is 3.84. The van der Waals surface area contributed by atoms with Crippen LogP contribution in [-0.4, -0.2) is 23.7 Å². The molecule has 0 saturated heterocycles. The Balaban J connectivity index is 2.05. The minimum absolute atomic E-state index is 0.0143. The second-order valence-electron chi connectivity index (χ2n) is 4.16. The SMILES string of the molecule is Nc1cc(F)ccc1S(=O)(=O)CCCn1ccnc1. The smallest absolute Gasteiger partial charge is 0.180 e. The van der Waals surface area contributed by atoms with Crippen LogP contribution in [0.1, 0.15) is 6.42 Å². The number of hydrogen-bond donors (Lipinski definition) is 1. The van der Waals surface area contributed by atoms with Crippen LogP contribution >= 0.6 is 0 Å². The highest BCUT2D eigenvalue weighted by atomic mass is 32.2. The molecule has 0 amide bonds. The maximum Gasteiger partial charge on any atom is 0.180 e. The van der Waals surface area contributed by atoms with E-state index in [0.29, 0.717) is 13.0 Å². The predicted octanol–water partition coefficient (Wildman–Crippen LogP) is 1.47. The Morgan fingerprint density at radius 2 is 2.16 bits per heavy atom. The lowest BCUT2D eigenvalue weighted by Gasteiger charge is -2.07. The number of nitrogens with zero attached hydrogens (tertiary/aromatic N) is 2.